The van der Waals surface area contributed by atoms with Crippen LogP contribution in [0.25, 0.3) is 0 Å². The number of hydrogen-bond acceptors (Lipinski definition) is 3. The second-order valence-electron chi connectivity index (χ2n) is 4.97. The fraction of sp³-hybridized carbons (Fsp3) is 0.417. The lowest BCUT2D eigenvalue weighted by Gasteiger charge is -2.24. The van der Waals surface area contributed by atoms with Crippen molar-refractivity contribution < 1.29 is 27.1 Å². The molecule has 0 saturated carbocycles. The highest BCUT2D eigenvalue weighted by Crippen LogP contribution is 2.32. The van der Waals surface area contributed by atoms with Gasteiger partial charge in [0.15, 0.2) is 21.5 Å². The number of aliphatic carboxylic acids is 1. The standard InChI is InChI=1S/C12H14F2O4S/c1-12(2,6-9(15)16)7-4-5-8(19(3,17)18)11(14)10(7)13/h4-5H,6H2,1-3H3,(H,15,16). The second kappa shape index (κ2) is 4.88. The molecule has 0 spiro atoms. The van der Waals surface area contributed by atoms with E-state index in [0.717, 1.165) is 18.4 Å². The van der Waals surface area contributed by atoms with Crippen LogP contribution < -0.4 is 0 Å². The first-order valence-electron chi connectivity index (χ1n) is 5.37. The van der Waals surface area contributed by atoms with Gasteiger partial charge in [-0.25, -0.2) is 17.2 Å². The van der Waals surface area contributed by atoms with Crippen molar-refractivity contribution in [3.8, 4) is 0 Å². The molecule has 0 heterocycles. The number of benzene rings is 1. The van der Waals surface area contributed by atoms with E-state index in [0.29, 0.717) is 0 Å². The molecule has 19 heavy (non-hydrogen) atoms. The third-order valence-corrected chi connectivity index (χ3v) is 3.88. The summed E-state index contributed by atoms with van der Waals surface area (Å²) in [4.78, 5) is 9.96. The van der Waals surface area contributed by atoms with Crippen molar-refractivity contribution >= 4 is 15.8 Å². The molecule has 0 aromatic heterocycles. The first-order valence-corrected chi connectivity index (χ1v) is 7.26. The summed E-state index contributed by atoms with van der Waals surface area (Å²) in [5.41, 5.74) is -1.31. The Balaban J connectivity index is 3.43. The highest BCUT2D eigenvalue weighted by Gasteiger charge is 2.30. The van der Waals surface area contributed by atoms with E-state index in [1.165, 1.54) is 13.8 Å². The third-order valence-electron chi connectivity index (χ3n) is 2.77. The van der Waals surface area contributed by atoms with Crippen molar-refractivity contribution in [1.82, 2.24) is 0 Å². The van der Waals surface area contributed by atoms with E-state index in [9.17, 15) is 22.0 Å². The van der Waals surface area contributed by atoms with Crippen LogP contribution in [0.15, 0.2) is 17.0 Å². The molecule has 7 heteroatoms. The largest absolute Gasteiger partial charge is 0.481 e. The number of hydrogen-bond donors (Lipinski definition) is 1. The van der Waals surface area contributed by atoms with Crippen molar-refractivity contribution in [3.05, 3.63) is 29.3 Å². The van der Waals surface area contributed by atoms with Gasteiger partial charge >= 0.3 is 5.97 Å². The highest BCUT2D eigenvalue weighted by atomic mass is 32.2. The van der Waals surface area contributed by atoms with E-state index in [1.54, 1.807) is 0 Å². The molecule has 0 atom stereocenters. The van der Waals surface area contributed by atoms with Crippen LogP contribution in [0.2, 0.25) is 0 Å². The molecule has 0 amide bonds. The maximum absolute atomic E-state index is 13.9. The molecule has 0 radical (unpaired) electrons. The van der Waals surface area contributed by atoms with Gasteiger partial charge in [0.05, 0.1) is 6.42 Å². The first-order chi connectivity index (χ1) is 8.47. The lowest BCUT2D eigenvalue weighted by atomic mass is 9.81. The quantitative estimate of drug-likeness (QED) is 0.922. The van der Waals surface area contributed by atoms with Crippen LogP contribution >= 0.6 is 0 Å². The molecule has 0 bridgehead atoms. The van der Waals surface area contributed by atoms with Gasteiger partial charge in [-0.2, -0.15) is 0 Å². The molecule has 1 aromatic carbocycles. The fourth-order valence-corrected chi connectivity index (χ4v) is 2.54. The van der Waals surface area contributed by atoms with Gasteiger partial charge in [0.1, 0.15) is 4.90 Å². The molecule has 1 aromatic rings. The van der Waals surface area contributed by atoms with E-state index in [-0.39, 0.29) is 5.56 Å². The number of sulfone groups is 1. The first kappa shape index (κ1) is 15.6. The van der Waals surface area contributed by atoms with Gasteiger partial charge in [0.25, 0.3) is 0 Å². The molecule has 106 valence electrons. The van der Waals surface area contributed by atoms with Crippen molar-refractivity contribution in [2.24, 2.45) is 0 Å². The Hall–Kier alpha value is -1.50. The van der Waals surface area contributed by atoms with Crippen LogP contribution in [0.1, 0.15) is 25.8 Å². The SMILES string of the molecule is CC(C)(CC(=O)O)c1ccc(S(C)(=O)=O)c(F)c1F. The Kier molecular flexibility index (Phi) is 4.00. The summed E-state index contributed by atoms with van der Waals surface area (Å²) >= 11 is 0. The topological polar surface area (TPSA) is 71.4 Å². The Bertz CT molecular complexity index is 621. The average Bonchev–Trinajstić information content (AvgIpc) is 2.17. The predicted molar refractivity (Wildman–Crippen MR) is 64.7 cm³/mol. The minimum atomic E-state index is -3.87. The molecule has 0 aliphatic carbocycles. The predicted octanol–water partition coefficient (Wildman–Crippen LogP) is 2.12. The summed E-state index contributed by atoms with van der Waals surface area (Å²) in [7, 11) is -3.87. The van der Waals surface area contributed by atoms with Gasteiger partial charge in [-0.3, -0.25) is 4.79 Å². The van der Waals surface area contributed by atoms with E-state index in [1.807, 2.05) is 0 Å². The van der Waals surface area contributed by atoms with Gasteiger partial charge in [0, 0.05) is 11.7 Å². The van der Waals surface area contributed by atoms with E-state index in [4.69, 9.17) is 5.11 Å². The monoisotopic (exact) mass is 292 g/mol. The second-order valence-corrected chi connectivity index (χ2v) is 6.95. The van der Waals surface area contributed by atoms with E-state index < -0.39 is 44.2 Å². The van der Waals surface area contributed by atoms with Crippen molar-refractivity contribution in [1.29, 1.82) is 0 Å². The molecular formula is C12H14F2O4S. The van der Waals surface area contributed by atoms with Crippen molar-refractivity contribution in [2.75, 3.05) is 6.26 Å². The lowest BCUT2D eigenvalue weighted by Crippen LogP contribution is -2.24. The number of carboxylic acid groups (broad SMARTS) is 1. The zero-order valence-electron chi connectivity index (χ0n) is 10.7. The Morgan fingerprint density at radius 1 is 1.26 bits per heavy atom. The zero-order chi connectivity index (χ0) is 15.0. The normalized spacial score (nSPS) is 12.5. The number of rotatable bonds is 4. The van der Waals surface area contributed by atoms with Crippen LogP contribution in [-0.2, 0) is 20.0 Å². The number of halogens is 2. The molecule has 1 N–H and O–H groups in total. The molecular weight excluding hydrogens is 278 g/mol. The summed E-state index contributed by atoms with van der Waals surface area (Å²) in [6.07, 6.45) is 0.370. The minimum absolute atomic E-state index is 0.167. The maximum Gasteiger partial charge on any atom is 0.304 e. The fourth-order valence-electron chi connectivity index (χ4n) is 1.81. The van der Waals surface area contributed by atoms with E-state index in [2.05, 4.69) is 0 Å². The molecule has 0 aliphatic rings. The summed E-state index contributed by atoms with van der Waals surface area (Å²) in [5, 5.41) is 8.74. The van der Waals surface area contributed by atoms with Gasteiger partial charge in [-0.1, -0.05) is 19.9 Å². The van der Waals surface area contributed by atoms with Crippen molar-refractivity contribution in [2.45, 2.75) is 30.6 Å². The zero-order valence-corrected chi connectivity index (χ0v) is 11.5. The van der Waals surface area contributed by atoms with Crippen LogP contribution in [0.5, 0.6) is 0 Å². The average molecular weight is 292 g/mol. The molecule has 0 saturated heterocycles. The number of carboxylic acids is 1. The number of carbonyl (C=O) groups is 1. The summed E-state index contributed by atoms with van der Waals surface area (Å²) < 4.78 is 50.1. The molecule has 4 nitrogen and oxygen atoms in total. The lowest BCUT2D eigenvalue weighted by molar-refractivity contribution is -0.138. The van der Waals surface area contributed by atoms with Crippen LogP contribution in [0.4, 0.5) is 8.78 Å². The summed E-state index contributed by atoms with van der Waals surface area (Å²) in [6.45, 7) is 2.89. The Labute approximate surface area is 110 Å². The van der Waals surface area contributed by atoms with Crippen LogP contribution in [-0.4, -0.2) is 25.7 Å². The van der Waals surface area contributed by atoms with Crippen LogP contribution in [0.3, 0.4) is 0 Å². The van der Waals surface area contributed by atoms with E-state index >= 15 is 0 Å². The molecule has 1 rings (SSSR count). The van der Waals surface area contributed by atoms with Gasteiger partial charge < -0.3 is 5.11 Å². The van der Waals surface area contributed by atoms with Crippen LogP contribution in [0, 0.1) is 11.6 Å². The molecule has 0 fully saturated rings. The smallest absolute Gasteiger partial charge is 0.304 e. The Morgan fingerprint density at radius 2 is 1.79 bits per heavy atom. The Morgan fingerprint density at radius 3 is 2.21 bits per heavy atom. The summed E-state index contributed by atoms with van der Waals surface area (Å²) in [6, 6.07) is 2.06. The third kappa shape index (κ3) is 3.28. The van der Waals surface area contributed by atoms with Crippen molar-refractivity contribution in [3.63, 3.8) is 0 Å². The highest BCUT2D eigenvalue weighted by molar-refractivity contribution is 7.90. The minimum Gasteiger partial charge on any atom is -0.481 e. The summed E-state index contributed by atoms with van der Waals surface area (Å²) in [5.74, 6) is -3.95. The van der Waals surface area contributed by atoms with Gasteiger partial charge in [-0.05, 0) is 11.6 Å². The van der Waals surface area contributed by atoms with Gasteiger partial charge in [-0.15, -0.1) is 0 Å². The molecule has 0 unspecified atom stereocenters. The maximum atomic E-state index is 13.9. The molecule has 0 aliphatic heterocycles. The van der Waals surface area contributed by atoms with Gasteiger partial charge in [0.2, 0.25) is 0 Å².